The van der Waals surface area contributed by atoms with Gasteiger partial charge in [-0.25, -0.2) is 13.9 Å². The number of hydroxylamine groups is 1. The fourth-order valence-electron chi connectivity index (χ4n) is 4.90. The van der Waals surface area contributed by atoms with E-state index in [-0.39, 0.29) is 36.4 Å². The van der Waals surface area contributed by atoms with Gasteiger partial charge in [-0.3, -0.25) is 14.8 Å². The summed E-state index contributed by atoms with van der Waals surface area (Å²) in [6.07, 6.45) is 4.51. The minimum Gasteiger partial charge on any atom is -0.481 e. The van der Waals surface area contributed by atoms with Crippen LogP contribution in [0.3, 0.4) is 0 Å². The second kappa shape index (κ2) is 11.8. The number of hydrogen-bond donors (Lipinski definition) is 2. The molecule has 0 spiro atoms. The van der Waals surface area contributed by atoms with Gasteiger partial charge >= 0.3 is 0 Å². The zero-order valence-corrected chi connectivity index (χ0v) is 21.5. The summed E-state index contributed by atoms with van der Waals surface area (Å²) in [5, 5.41) is 9.51. The van der Waals surface area contributed by atoms with Crippen LogP contribution in [-0.4, -0.2) is 48.9 Å². The number of nitrogens with one attached hydrogen (secondary N) is 1. The van der Waals surface area contributed by atoms with Crippen LogP contribution in [0.25, 0.3) is 0 Å². The number of carbonyl (C=O) groups excluding carboxylic acids is 2. The van der Waals surface area contributed by atoms with E-state index >= 15 is 0 Å². The van der Waals surface area contributed by atoms with Crippen molar-refractivity contribution in [3.63, 3.8) is 0 Å². The molecule has 0 radical (unpaired) electrons. The zero-order valence-electron chi connectivity index (χ0n) is 20.7. The summed E-state index contributed by atoms with van der Waals surface area (Å²) in [6, 6.07) is 11.6. The molecule has 2 N–H and O–H groups in total. The molecule has 4 rings (SSSR count). The summed E-state index contributed by atoms with van der Waals surface area (Å²) >= 11 is 0. The molecular weight excluding hydrogens is 494 g/mol. The van der Waals surface area contributed by atoms with Gasteiger partial charge in [0, 0.05) is 18.2 Å². The molecule has 1 saturated carbocycles. The summed E-state index contributed by atoms with van der Waals surface area (Å²) in [7, 11) is -4.21. The summed E-state index contributed by atoms with van der Waals surface area (Å²) < 4.78 is 34.2. The standard InChI is InChI=1S/C27H31N3O6S/c1-2-3-17-36-22-13-15-23(16-14-22)37(34,35)30-18-21-11-7-8-12-24(21)29(19-25(30)26(31)28-33)27(32)20-9-5-4-6-10-20/h7-8,11-16,20,25,33H,4-6,9-10,17-19H2,1H3,(H,28,31). The Balaban J connectivity index is 1.71. The highest BCUT2D eigenvalue weighted by atomic mass is 32.2. The van der Waals surface area contributed by atoms with Gasteiger partial charge < -0.3 is 9.64 Å². The van der Waals surface area contributed by atoms with Gasteiger partial charge in [0.1, 0.15) is 18.4 Å². The van der Waals surface area contributed by atoms with Crippen LogP contribution in [0, 0.1) is 17.8 Å². The minimum atomic E-state index is -4.21. The fraction of sp³-hybridized carbons (Fsp3) is 0.407. The van der Waals surface area contributed by atoms with Gasteiger partial charge in [-0.15, -0.1) is 5.92 Å². The van der Waals surface area contributed by atoms with Crippen molar-refractivity contribution < 1.29 is 28.0 Å². The first kappa shape index (κ1) is 26.7. The van der Waals surface area contributed by atoms with Crippen molar-refractivity contribution in [1.29, 1.82) is 0 Å². The van der Waals surface area contributed by atoms with Gasteiger partial charge in [-0.05, 0) is 55.7 Å². The van der Waals surface area contributed by atoms with Gasteiger partial charge in [0.2, 0.25) is 15.9 Å². The van der Waals surface area contributed by atoms with E-state index in [1.165, 1.54) is 29.2 Å². The highest BCUT2D eigenvalue weighted by Crippen LogP contribution is 2.34. The molecule has 1 heterocycles. The maximum absolute atomic E-state index is 13.8. The molecule has 196 valence electrons. The Morgan fingerprint density at radius 3 is 2.46 bits per heavy atom. The average molecular weight is 526 g/mol. The summed E-state index contributed by atoms with van der Waals surface area (Å²) in [5.41, 5.74) is 2.78. The van der Waals surface area contributed by atoms with E-state index < -0.39 is 22.0 Å². The Hall–Kier alpha value is -3.39. The van der Waals surface area contributed by atoms with Gasteiger partial charge in [-0.2, -0.15) is 4.31 Å². The van der Waals surface area contributed by atoms with Crippen LogP contribution in [-0.2, 0) is 26.2 Å². The van der Waals surface area contributed by atoms with Gasteiger partial charge in [0.05, 0.1) is 11.4 Å². The smallest absolute Gasteiger partial charge is 0.263 e. The number of carbonyl (C=O) groups is 2. The quantitative estimate of drug-likeness (QED) is 0.340. The molecule has 10 heteroatoms. The fourth-order valence-corrected chi connectivity index (χ4v) is 6.46. The minimum absolute atomic E-state index is 0.0401. The highest BCUT2D eigenvalue weighted by Gasteiger charge is 2.42. The molecule has 2 amide bonds. The predicted molar refractivity (Wildman–Crippen MR) is 137 cm³/mol. The number of amides is 2. The van der Waals surface area contributed by atoms with E-state index in [2.05, 4.69) is 11.8 Å². The van der Waals surface area contributed by atoms with Crippen LogP contribution in [0.15, 0.2) is 53.4 Å². The lowest BCUT2D eigenvalue weighted by molar-refractivity contribution is -0.133. The number of rotatable bonds is 6. The van der Waals surface area contributed by atoms with Crippen LogP contribution < -0.4 is 15.1 Å². The number of ether oxygens (including phenoxy) is 1. The molecule has 0 saturated heterocycles. The number of nitrogens with zero attached hydrogens (tertiary/aromatic N) is 2. The Labute approximate surface area is 217 Å². The van der Waals surface area contributed by atoms with Gasteiger partial charge in [0.25, 0.3) is 5.91 Å². The predicted octanol–water partition coefficient (Wildman–Crippen LogP) is 3.08. The molecule has 1 unspecified atom stereocenters. The molecule has 9 nitrogen and oxygen atoms in total. The van der Waals surface area contributed by atoms with E-state index in [0.29, 0.717) is 17.0 Å². The van der Waals surface area contributed by atoms with Gasteiger partial charge in [-0.1, -0.05) is 43.4 Å². The first-order chi connectivity index (χ1) is 17.9. The van der Waals surface area contributed by atoms with Crippen LogP contribution in [0.4, 0.5) is 5.69 Å². The number of para-hydroxylation sites is 1. The monoisotopic (exact) mass is 525 g/mol. The maximum Gasteiger partial charge on any atom is 0.263 e. The summed E-state index contributed by atoms with van der Waals surface area (Å²) in [5.74, 6) is 4.73. The van der Waals surface area contributed by atoms with Crippen molar-refractivity contribution in [2.45, 2.75) is 56.5 Å². The van der Waals surface area contributed by atoms with Gasteiger partial charge in [0.15, 0.2) is 0 Å². The van der Waals surface area contributed by atoms with Crippen LogP contribution in [0.1, 0.15) is 44.6 Å². The maximum atomic E-state index is 13.8. The lowest BCUT2D eigenvalue weighted by atomic mass is 9.88. The zero-order chi connectivity index (χ0) is 26.4. The van der Waals surface area contributed by atoms with Crippen molar-refractivity contribution >= 4 is 27.5 Å². The summed E-state index contributed by atoms with van der Waals surface area (Å²) in [4.78, 5) is 28.0. The Morgan fingerprint density at radius 2 is 1.78 bits per heavy atom. The van der Waals surface area contributed by atoms with Crippen molar-refractivity contribution in [3.8, 4) is 17.6 Å². The molecule has 2 aromatic rings. The average Bonchev–Trinajstić information content (AvgIpc) is 3.11. The van der Waals surface area contributed by atoms with E-state index in [1.807, 2.05) is 0 Å². The van der Waals surface area contributed by atoms with Crippen LogP contribution >= 0.6 is 0 Å². The number of fused-ring (bicyclic) bond motifs is 1. The van der Waals surface area contributed by atoms with E-state index in [4.69, 9.17) is 4.74 Å². The lowest BCUT2D eigenvalue weighted by Gasteiger charge is -2.32. The molecule has 2 aliphatic rings. The van der Waals surface area contributed by atoms with E-state index in [9.17, 15) is 23.2 Å². The number of hydrogen-bond acceptors (Lipinski definition) is 6. The molecular formula is C27H31N3O6S. The highest BCUT2D eigenvalue weighted by molar-refractivity contribution is 7.89. The van der Waals surface area contributed by atoms with Crippen LogP contribution in [0.5, 0.6) is 5.75 Å². The topological polar surface area (TPSA) is 116 Å². The summed E-state index contributed by atoms with van der Waals surface area (Å²) in [6.45, 7) is 1.51. The molecule has 1 atom stereocenters. The molecule has 1 aliphatic carbocycles. The number of benzene rings is 2. The van der Waals surface area contributed by atoms with Crippen molar-refractivity contribution in [1.82, 2.24) is 9.79 Å². The molecule has 1 aliphatic heterocycles. The largest absolute Gasteiger partial charge is 0.481 e. The van der Waals surface area contributed by atoms with Crippen molar-refractivity contribution in [3.05, 3.63) is 54.1 Å². The molecule has 0 aromatic heterocycles. The Kier molecular flexibility index (Phi) is 8.48. The molecule has 0 bridgehead atoms. The SMILES string of the molecule is CC#CCOc1ccc(S(=O)(=O)N2Cc3ccccc3N(C(=O)C3CCCCC3)CC2C(=O)NO)cc1. The Morgan fingerprint density at radius 1 is 1.08 bits per heavy atom. The second-order valence-electron chi connectivity index (χ2n) is 9.14. The van der Waals surface area contributed by atoms with Crippen molar-refractivity contribution in [2.75, 3.05) is 18.1 Å². The second-order valence-corrected chi connectivity index (χ2v) is 11.0. The first-order valence-electron chi connectivity index (χ1n) is 12.3. The third-order valence-corrected chi connectivity index (χ3v) is 8.73. The molecule has 2 aromatic carbocycles. The van der Waals surface area contributed by atoms with E-state index in [1.54, 1.807) is 36.7 Å². The lowest BCUT2D eigenvalue weighted by Crippen LogP contribution is -2.54. The normalized spacial score (nSPS) is 18.6. The molecule has 37 heavy (non-hydrogen) atoms. The van der Waals surface area contributed by atoms with E-state index in [0.717, 1.165) is 36.4 Å². The Bertz CT molecular complexity index is 1290. The molecule has 1 fully saturated rings. The first-order valence-corrected chi connectivity index (χ1v) is 13.8. The van der Waals surface area contributed by atoms with Crippen LogP contribution in [0.2, 0.25) is 0 Å². The number of anilines is 1. The van der Waals surface area contributed by atoms with Crippen molar-refractivity contribution in [2.24, 2.45) is 5.92 Å². The number of sulfonamides is 1. The third kappa shape index (κ3) is 5.80. The third-order valence-electron chi connectivity index (χ3n) is 6.86.